The van der Waals surface area contributed by atoms with Crippen molar-refractivity contribution in [3.63, 3.8) is 0 Å². The highest BCUT2D eigenvalue weighted by atomic mass is 32.1. The molecule has 188 valence electrons. The number of carbonyl (C=O) groups excluding carboxylic acids is 1. The van der Waals surface area contributed by atoms with Crippen molar-refractivity contribution in [1.29, 1.82) is 0 Å². The molecule has 3 N–H and O–H groups in total. The number of benzene rings is 2. The second-order valence-corrected chi connectivity index (χ2v) is 9.08. The van der Waals surface area contributed by atoms with Crippen molar-refractivity contribution in [2.75, 3.05) is 6.54 Å². The third-order valence-corrected chi connectivity index (χ3v) is 6.00. The molecule has 10 heteroatoms. The number of hydrogen-bond acceptors (Lipinski definition) is 5. The number of aryl methyl sites for hydroxylation is 2. The molecule has 1 heterocycles. The molecule has 0 fully saturated rings. The topological polar surface area (TPSA) is 81.6 Å². The van der Waals surface area contributed by atoms with Crippen LogP contribution in [0.25, 0.3) is 0 Å². The van der Waals surface area contributed by atoms with Gasteiger partial charge in [-0.25, -0.2) is 4.99 Å². The highest BCUT2D eigenvalue weighted by Crippen LogP contribution is 2.23. The number of nitrogens with one attached hydrogen (secondary N) is 1. The van der Waals surface area contributed by atoms with Crippen LogP contribution in [0.2, 0.25) is 0 Å². The van der Waals surface area contributed by atoms with Gasteiger partial charge >= 0.3 is 6.36 Å². The van der Waals surface area contributed by atoms with Crippen molar-refractivity contribution in [3.8, 4) is 5.75 Å². The van der Waals surface area contributed by atoms with Gasteiger partial charge in [0.2, 0.25) is 0 Å². The highest BCUT2D eigenvalue weighted by Gasteiger charge is 2.31. The summed E-state index contributed by atoms with van der Waals surface area (Å²) in [4.78, 5) is 18.5. The molecule has 0 radical (unpaired) electrons. The zero-order chi connectivity index (χ0) is 25.4. The van der Waals surface area contributed by atoms with Gasteiger partial charge in [-0.1, -0.05) is 24.6 Å². The summed E-state index contributed by atoms with van der Waals surface area (Å²) in [5, 5.41) is 4.54. The maximum absolute atomic E-state index is 13.0. The van der Waals surface area contributed by atoms with Crippen LogP contribution in [0.1, 0.15) is 46.4 Å². The van der Waals surface area contributed by atoms with Crippen molar-refractivity contribution >= 4 is 22.9 Å². The quantitative estimate of drug-likeness (QED) is 0.364. The van der Waals surface area contributed by atoms with Gasteiger partial charge in [-0.05, 0) is 74.2 Å². The van der Waals surface area contributed by atoms with E-state index in [1.807, 2.05) is 30.5 Å². The lowest BCUT2D eigenvalue weighted by molar-refractivity contribution is -0.274. The third kappa shape index (κ3) is 8.25. The van der Waals surface area contributed by atoms with E-state index >= 15 is 0 Å². The summed E-state index contributed by atoms with van der Waals surface area (Å²) in [5.41, 5.74) is 9.57. The fourth-order valence-electron chi connectivity index (χ4n) is 3.66. The highest BCUT2D eigenvalue weighted by molar-refractivity contribution is 7.07. The predicted octanol–water partition coefficient (Wildman–Crippen LogP) is 5.36. The summed E-state index contributed by atoms with van der Waals surface area (Å²) in [7, 11) is 0. The zero-order valence-corrected chi connectivity index (χ0v) is 20.5. The Morgan fingerprint density at radius 2 is 1.86 bits per heavy atom. The molecule has 2 aromatic carbocycles. The van der Waals surface area contributed by atoms with Crippen LogP contribution in [0.5, 0.6) is 5.75 Å². The minimum atomic E-state index is -4.77. The Kier molecular flexibility index (Phi) is 9.11. The molecule has 1 amide bonds. The molecule has 0 aliphatic carbocycles. The molecule has 3 rings (SSSR count). The molecular formula is C25H29F3N4O2S. The van der Waals surface area contributed by atoms with Crippen LogP contribution >= 0.6 is 11.3 Å². The Morgan fingerprint density at radius 1 is 1.11 bits per heavy atom. The van der Waals surface area contributed by atoms with Gasteiger partial charge in [-0.2, -0.15) is 0 Å². The molecule has 0 saturated heterocycles. The van der Waals surface area contributed by atoms with Gasteiger partial charge < -0.3 is 20.4 Å². The molecule has 35 heavy (non-hydrogen) atoms. The lowest BCUT2D eigenvalue weighted by atomic mass is 10.1. The Morgan fingerprint density at radius 3 is 2.54 bits per heavy atom. The number of ether oxygens (including phenoxy) is 1. The van der Waals surface area contributed by atoms with E-state index in [2.05, 4.69) is 16.1 Å². The number of aromatic nitrogens is 1. The molecule has 0 saturated carbocycles. The second-order valence-electron chi connectivity index (χ2n) is 8.24. The first-order chi connectivity index (χ1) is 16.6. The predicted molar refractivity (Wildman–Crippen MR) is 131 cm³/mol. The normalized spacial score (nSPS) is 12.1. The summed E-state index contributed by atoms with van der Waals surface area (Å²) < 4.78 is 43.3. The number of unbranched alkanes of at least 4 members (excludes halogenated alkanes) is 2. The van der Waals surface area contributed by atoms with E-state index in [-0.39, 0.29) is 18.2 Å². The number of nitrogens with two attached hydrogens (primary N) is 1. The lowest BCUT2D eigenvalue weighted by Crippen LogP contribution is -2.28. The molecular weight excluding hydrogens is 477 g/mol. The first-order valence-corrected chi connectivity index (χ1v) is 12.2. The van der Waals surface area contributed by atoms with Crippen LogP contribution in [0.15, 0.2) is 52.8 Å². The Bertz CT molecular complexity index is 1200. The number of hydrogen-bond donors (Lipinski definition) is 2. The second kappa shape index (κ2) is 12.0. The minimum absolute atomic E-state index is 0.0560. The van der Waals surface area contributed by atoms with E-state index in [0.717, 1.165) is 36.1 Å². The van der Waals surface area contributed by atoms with E-state index in [0.29, 0.717) is 29.1 Å². The molecule has 0 atom stereocenters. The monoisotopic (exact) mass is 506 g/mol. The average Bonchev–Trinajstić information content (AvgIpc) is 3.16. The van der Waals surface area contributed by atoms with Gasteiger partial charge in [-0.15, -0.1) is 24.5 Å². The number of rotatable bonds is 10. The SMILES string of the molecule is Cc1cc(C)cc(N=c2scc(C(=O)NCc3cccc(OC(F)(F)F)c3)n2CCCCCN)c1. The van der Waals surface area contributed by atoms with Gasteiger partial charge in [0, 0.05) is 18.5 Å². The number of amides is 1. The van der Waals surface area contributed by atoms with E-state index in [1.165, 1.54) is 29.5 Å². The van der Waals surface area contributed by atoms with Gasteiger partial charge in [0.05, 0.1) is 5.69 Å². The summed E-state index contributed by atoms with van der Waals surface area (Å²) in [6.07, 6.45) is -2.11. The van der Waals surface area contributed by atoms with Crippen LogP contribution in [0, 0.1) is 13.8 Å². The Labute approximate surface area is 206 Å². The third-order valence-electron chi connectivity index (χ3n) is 5.13. The zero-order valence-electron chi connectivity index (χ0n) is 19.7. The molecule has 0 bridgehead atoms. The number of halogens is 3. The smallest absolute Gasteiger partial charge is 0.406 e. The van der Waals surface area contributed by atoms with Crippen molar-refractivity contribution < 1.29 is 22.7 Å². The van der Waals surface area contributed by atoms with E-state index < -0.39 is 6.36 Å². The summed E-state index contributed by atoms with van der Waals surface area (Å²) in [6.45, 7) is 5.29. The molecule has 6 nitrogen and oxygen atoms in total. The van der Waals surface area contributed by atoms with Crippen molar-refractivity contribution in [2.45, 2.75) is 52.6 Å². The van der Waals surface area contributed by atoms with Crippen molar-refractivity contribution in [1.82, 2.24) is 9.88 Å². The number of thiazole rings is 1. The Hall–Kier alpha value is -3.11. The van der Waals surface area contributed by atoms with Crippen LogP contribution in [0.3, 0.4) is 0 Å². The standard InChI is InChI=1S/C25H29F3N4O2S/c1-17-11-18(2)13-20(12-17)31-24-32(10-5-3-4-9-29)22(16-35-24)23(33)30-15-19-7-6-8-21(14-19)34-25(26,27)28/h6-8,11-14,16H,3-5,9-10,15,29H2,1-2H3,(H,30,33). The maximum atomic E-state index is 13.0. The summed E-state index contributed by atoms with van der Waals surface area (Å²) in [6, 6.07) is 11.6. The van der Waals surface area contributed by atoms with Crippen LogP contribution in [0.4, 0.5) is 18.9 Å². The van der Waals surface area contributed by atoms with Gasteiger partial charge in [0.1, 0.15) is 11.4 Å². The fourth-order valence-corrected chi connectivity index (χ4v) is 4.59. The maximum Gasteiger partial charge on any atom is 0.573 e. The molecule has 0 spiro atoms. The minimum Gasteiger partial charge on any atom is -0.406 e. The average molecular weight is 507 g/mol. The molecule has 0 unspecified atom stereocenters. The van der Waals surface area contributed by atoms with Crippen LogP contribution < -0.4 is 20.6 Å². The molecule has 0 aliphatic heterocycles. The number of nitrogens with zero attached hydrogens (tertiary/aromatic N) is 2. The van der Waals surface area contributed by atoms with E-state index in [9.17, 15) is 18.0 Å². The van der Waals surface area contributed by atoms with E-state index in [4.69, 9.17) is 10.7 Å². The molecule has 1 aromatic heterocycles. The van der Waals surface area contributed by atoms with Crippen LogP contribution in [-0.4, -0.2) is 23.4 Å². The molecule has 0 aliphatic rings. The van der Waals surface area contributed by atoms with Crippen molar-refractivity contribution in [3.05, 3.63) is 75.0 Å². The van der Waals surface area contributed by atoms with Gasteiger partial charge in [-0.3, -0.25) is 4.79 Å². The van der Waals surface area contributed by atoms with Gasteiger partial charge in [0.25, 0.3) is 5.91 Å². The lowest BCUT2D eigenvalue weighted by Gasteiger charge is -2.12. The number of alkyl halides is 3. The van der Waals surface area contributed by atoms with E-state index in [1.54, 1.807) is 11.4 Å². The number of carbonyl (C=O) groups is 1. The first-order valence-electron chi connectivity index (χ1n) is 11.3. The van der Waals surface area contributed by atoms with Crippen molar-refractivity contribution in [2.24, 2.45) is 10.7 Å². The largest absolute Gasteiger partial charge is 0.573 e. The van der Waals surface area contributed by atoms with Gasteiger partial charge in [0.15, 0.2) is 4.80 Å². The fraction of sp³-hybridized carbons (Fsp3) is 0.360. The molecule has 3 aromatic rings. The summed E-state index contributed by atoms with van der Waals surface area (Å²) >= 11 is 1.37. The van der Waals surface area contributed by atoms with Crippen LogP contribution in [-0.2, 0) is 13.1 Å². The Balaban J connectivity index is 1.81. The summed E-state index contributed by atoms with van der Waals surface area (Å²) in [5.74, 6) is -0.659. The first kappa shape index (κ1) is 26.5.